The predicted molar refractivity (Wildman–Crippen MR) is 139 cm³/mol. The Bertz CT molecular complexity index is 1140. The molecule has 2 atom stereocenters. The molecule has 1 heterocycles. The lowest BCUT2D eigenvalue weighted by Gasteiger charge is -2.24. The van der Waals surface area contributed by atoms with Gasteiger partial charge >= 0.3 is 12.1 Å². The normalized spacial score (nSPS) is 15.8. The van der Waals surface area contributed by atoms with Gasteiger partial charge in [-0.3, -0.25) is 14.5 Å². The summed E-state index contributed by atoms with van der Waals surface area (Å²) in [6, 6.07) is 7.19. The third kappa shape index (κ3) is 6.97. The van der Waals surface area contributed by atoms with Crippen LogP contribution >= 0.6 is 46.6 Å². The van der Waals surface area contributed by atoms with Crippen molar-refractivity contribution >= 4 is 76.1 Å². The number of carbonyl (C=O) groups excluding carboxylic acids is 3. The lowest BCUT2D eigenvalue weighted by atomic mass is 10.0. The summed E-state index contributed by atoms with van der Waals surface area (Å²) in [5.41, 5.74) is 1.10. The zero-order valence-electron chi connectivity index (χ0n) is 18.9. The van der Waals surface area contributed by atoms with E-state index >= 15 is 0 Å². The number of benzene rings is 2. The van der Waals surface area contributed by atoms with Crippen LogP contribution in [0.25, 0.3) is 0 Å². The molecule has 1 saturated heterocycles. The summed E-state index contributed by atoms with van der Waals surface area (Å²) in [6.07, 6.45) is -0.628. The number of amides is 3. The van der Waals surface area contributed by atoms with Crippen molar-refractivity contribution in [2.24, 2.45) is 0 Å². The number of rotatable bonds is 8. The first kappa shape index (κ1) is 27.9. The largest absolute Gasteiger partial charge is 0.480 e. The molecule has 3 N–H and O–H groups in total. The van der Waals surface area contributed by atoms with Crippen LogP contribution in [-0.4, -0.2) is 64.2 Å². The van der Waals surface area contributed by atoms with Crippen molar-refractivity contribution in [3.63, 3.8) is 0 Å². The van der Waals surface area contributed by atoms with Gasteiger partial charge in [-0.2, -0.15) is 0 Å². The van der Waals surface area contributed by atoms with Gasteiger partial charge in [-0.25, -0.2) is 9.59 Å². The molecule has 0 bridgehead atoms. The van der Waals surface area contributed by atoms with E-state index in [1.54, 1.807) is 31.2 Å². The number of hydrogen-bond acceptors (Lipinski definition) is 6. The average Bonchev–Trinajstić information content (AvgIpc) is 3.29. The molecule has 0 aromatic heterocycles. The fourth-order valence-electron chi connectivity index (χ4n) is 3.43. The molecule has 3 rings (SSSR count). The third-order valence-corrected chi connectivity index (χ3v) is 7.01. The van der Waals surface area contributed by atoms with Crippen molar-refractivity contribution in [2.45, 2.75) is 25.4 Å². The van der Waals surface area contributed by atoms with Gasteiger partial charge in [0.2, 0.25) is 5.91 Å². The maximum atomic E-state index is 12.7. The maximum Gasteiger partial charge on any atom is 0.411 e. The summed E-state index contributed by atoms with van der Waals surface area (Å²) in [5, 5.41) is 15.3. The number of aliphatic carboxylic acids is 1. The Hall–Kier alpha value is -2.66. The number of nitrogens with one attached hydrogen (secondary N) is 2. The molecule has 0 aliphatic carbocycles. The van der Waals surface area contributed by atoms with Crippen molar-refractivity contribution in [3.8, 4) is 0 Å². The maximum absolute atomic E-state index is 12.7. The Balaban J connectivity index is 1.64. The monoisotopic (exact) mass is 573 g/mol. The van der Waals surface area contributed by atoms with Crippen LogP contribution in [0.4, 0.5) is 10.5 Å². The number of nitrogens with zero attached hydrogens (tertiary/aromatic N) is 1. The highest BCUT2D eigenvalue weighted by atomic mass is 35.5. The number of ether oxygens (including phenoxy) is 1. The minimum atomic E-state index is -1.22. The second kappa shape index (κ2) is 12.5. The topological polar surface area (TPSA) is 125 Å². The number of carbonyl (C=O) groups is 4. The molecule has 9 nitrogen and oxygen atoms in total. The Morgan fingerprint density at radius 2 is 1.78 bits per heavy atom. The zero-order valence-corrected chi connectivity index (χ0v) is 22.0. The number of carboxylic acid groups (broad SMARTS) is 1. The number of anilines is 1. The molecular formula is C23H22Cl3N3O6S. The second-order valence-corrected chi connectivity index (χ2v) is 9.93. The van der Waals surface area contributed by atoms with E-state index in [0.717, 1.165) is 0 Å². The van der Waals surface area contributed by atoms with Gasteiger partial charge in [0, 0.05) is 22.9 Å². The van der Waals surface area contributed by atoms with Crippen molar-refractivity contribution < 1.29 is 29.0 Å². The molecule has 36 heavy (non-hydrogen) atoms. The molecule has 2 aromatic rings. The lowest BCUT2D eigenvalue weighted by Crippen LogP contribution is -2.52. The van der Waals surface area contributed by atoms with E-state index < -0.39 is 36.0 Å². The fraction of sp³-hybridized carbons (Fsp3) is 0.304. The summed E-state index contributed by atoms with van der Waals surface area (Å²) >= 11 is 19.4. The number of hydrogen-bond donors (Lipinski definition) is 3. The van der Waals surface area contributed by atoms with Gasteiger partial charge in [0.05, 0.1) is 28.1 Å². The highest BCUT2D eigenvalue weighted by molar-refractivity contribution is 7.99. The molecular weight excluding hydrogens is 553 g/mol. The molecule has 1 fully saturated rings. The van der Waals surface area contributed by atoms with E-state index in [-0.39, 0.29) is 34.5 Å². The van der Waals surface area contributed by atoms with Gasteiger partial charge < -0.3 is 20.5 Å². The van der Waals surface area contributed by atoms with Crippen LogP contribution in [0, 0.1) is 0 Å². The number of halogens is 3. The molecule has 2 unspecified atom stereocenters. The first-order valence-corrected chi connectivity index (χ1v) is 13.0. The molecule has 0 spiro atoms. The third-order valence-electron chi connectivity index (χ3n) is 5.19. The molecule has 1 aliphatic heterocycles. The number of thioether (sulfide) groups is 1. The minimum Gasteiger partial charge on any atom is -0.480 e. The van der Waals surface area contributed by atoms with Crippen LogP contribution in [-0.2, 0) is 20.7 Å². The highest BCUT2D eigenvalue weighted by Crippen LogP contribution is 2.30. The Morgan fingerprint density at radius 3 is 2.36 bits per heavy atom. The van der Waals surface area contributed by atoms with Crippen LogP contribution in [0.3, 0.4) is 0 Å². The average molecular weight is 575 g/mol. The molecule has 0 radical (unpaired) electrons. The molecule has 1 aliphatic rings. The molecule has 3 amide bonds. The van der Waals surface area contributed by atoms with Gasteiger partial charge in [0.25, 0.3) is 5.91 Å². The smallest absolute Gasteiger partial charge is 0.411 e. The van der Waals surface area contributed by atoms with Crippen LogP contribution in [0.1, 0.15) is 22.8 Å². The van der Waals surface area contributed by atoms with E-state index in [9.17, 15) is 24.3 Å². The summed E-state index contributed by atoms with van der Waals surface area (Å²) in [5.74, 6) is -1.70. The summed E-state index contributed by atoms with van der Waals surface area (Å²) in [4.78, 5) is 50.5. The highest BCUT2D eigenvalue weighted by Gasteiger charge is 2.37. The van der Waals surface area contributed by atoms with E-state index in [2.05, 4.69) is 10.6 Å². The Morgan fingerprint density at radius 1 is 1.14 bits per heavy atom. The SMILES string of the molecule is CCOC(=O)N1CSCC1C(=O)NC(Cc1ccc(NC(=O)c2c(Cl)cc(Cl)cc2Cl)cc1)C(=O)O. The first-order chi connectivity index (χ1) is 17.1. The molecule has 192 valence electrons. The second-order valence-electron chi connectivity index (χ2n) is 7.68. The van der Waals surface area contributed by atoms with E-state index in [1.165, 1.54) is 28.8 Å². The van der Waals surface area contributed by atoms with E-state index in [1.807, 2.05) is 0 Å². The molecule has 2 aromatic carbocycles. The lowest BCUT2D eigenvalue weighted by molar-refractivity contribution is -0.142. The van der Waals surface area contributed by atoms with Gasteiger partial charge in [-0.05, 0) is 36.8 Å². The zero-order chi connectivity index (χ0) is 26.4. The van der Waals surface area contributed by atoms with Crippen LogP contribution < -0.4 is 10.6 Å². The van der Waals surface area contributed by atoms with Gasteiger partial charge in [-0.15, -0.1) is 11.8 Å². The van der Waals surface area contributed by atoms with Crippen LogP contribution in [0.2, 0.25) is 15.1 Å². The Kier molecular flexibility index (Phi) is 9.72. The van der Waals surface area contributed by atoms with Gasteiger partial charge in [0.15, 0.2) is 0 Å². The predicted octanol–water partition coefficient (Wildman–Crippen LogP) is 4.54. The van der Waals surface area contributed by atoms with Crippen molar-refractivity contribution in [1.29, 1.82) is 0 Å². The van der Waals surface area contributed by atoms with Crippen molar-refractivity contribution in [2.75, 3.05) is 23.6 Å². The van der Waals surface area contributed by atoms with Crippen LogP contribution in [0.5, 0.6) is 0 Å². The molecule has 13 heteroatoms. The summed E-state index contributed by atoms with van der Waals surface area (Å²) in [7, 11) is 0. The summed E-state index contributed by atoms with van der Waals surface area (Å²) in [6.45, 7) is 1.83. The minimum absolute atomic E-state index is 0.0105. The summed E-state index contributed by atoms with van der Waals surface area (Å²) < 4.78 is 4.97. The quantitative estimate of drug-likeness (QED) is 0.423. The van der Waals surface area contributed by atoms with Gasteiger partial charge in [-0.1, -0.05) is 46.9 Å². The first-order valence-electron chi connectivity index (χ1n) is 10.7. The van der Waals surface area contributed by atoms with Crippen molar-refractivity contribution in [3.05, 3.63) is 62.6 Å². The standard InChI is InChI=1S/C23H22Cl3N3O6S/c1-2-35-23(34)29-11-36-10-18(29)20(30)28-17(22(32)33)7-12-3-5-14(6-4-12)27-21(31)19-15(25)8-13(24)9-16(19)26/h3-6,8-9,17-18H,2,7,10-11H2,1H3,(H,27,31)(H,28,30)(H,32,33). The molecule has 0 saturated carbocycles. The van der Waals surface area contributed by atoms with Crippen molar-refractivity contribution in [1.82, 2.24) is 10.2 Å². The van der Waals surface area contributed by atoms with Crippen LogP contribution in [0.15, 0.2) is 36.4 Å². The Labute approximate surface area is 226 Å². The fourth-order valence-corrected chi connectivity index (χ4v) is 5.56. The van der Waals surface area contributed by atoms with E-state index in [0.29, 0.717) is 22.0 Å². The number of carboxylic acids is 1. The van der Waals surface area contributed by atoms with Gasteiger partial charge in [0.1, 0.15) is 12.1 Å². The van der Waals surface area contributed by atoms with E-state index in [4.69, 9.17) is 39.5 Å².